The molecule has 1 nitrogen and oxygen atoms in total. The van der Waals surface area contributed by atoms with Crippen molar-refractivity contribution in [1.82, 2.24) is 0 Å². The molecule has 0 aliphatic heterocycles. The predicted molar refractivity (Wildman–Crippen MR) is 79.3 cm³/mol. The molecule has 0 heterocycles. The molecule has 0 bridgehead atoms. The molecule has 98 valence electrons. The van der Waals surface area contributed by atoms with E-state index >= 15 is 0 Å². The van der Waals surface area contributed by atoms with Gasteiger partial charge in [0.25, 0.3) is 0 Å². The molecule has 1 heteroatoms. The number of aliphatic hydroxyl groups excluding tert-OH is 1. The Balaban J connectivity index is 2.54. The molecular weight excluding hydrogens is 220 g/mol. The fourth-order valence-electron chi connectivity index (χ4n) is 2.07. The van der Waals surface area contributed by atoms with Gasteiger partial charge in [-0.15, -0.1) is 0 Å². The van der Waals surface area contributed by atoms with Crippen LogP contribution < -0.4 is 0 Å². The molecule has 1 N–H and O–H groups in total. The minimum absolute atomic E-state index is 0.275. The van der Waals surface area contributed by atoms with Crippen LogP contribution in [0, 0.1) is 11.8 Å². The SMILES string of the molecule is CC(/C=C/c1ccccc1)=C\[C@H](C)C[C@@H](C)CO. The molecule has 1 aromatic rings. The summed E-state index contributed by atoms with van der Waals surface area (Å²) < 4.78 is 0. The van der Waals surface area contributed by atoms with E-state index in [2.05, 4.69) is 51.1 Å². The number of benzene rings is 1. The van der Waals surface area contributed by atoms with Crippen LogP contribution in [0.5, 0.6) is 0 Å². The van der Waals surface area contributed by atoms with Gasteiger partial charge in [0.1, 0.15) is 0 Å². The lowest BCUT2D eigenvalue weighted by Crippen LogP contribution is -2.05. The zero-order valence-corrected chi connectivity index (χ0v) is 11.6. The average Bonchev–Trinajstić information content (AvgIpc) is 2.37. The summed E-state index contributed by atoms with van der Waals surface area (Å²) in [5.41, 5.74) is 2.50. The van der Waals surface area contributed by atoms with E-state index in [0.29, 0.717) is 11.8 Å². The van der Waals surface area contributed by atoms with E-state index in [-0.39, 0.29) is 6.61 Å². The Bertz CT molecular complexity index is 389. The van der Waals surface area contributed by atoms with E-state index < -0.39 is 0 Å². The third-order valence-electron chi connectivity index (χ3n) is 2.97. The number of hydrogen-bond acceptors (Lipinski definition) is 1. The van der Waals surface area contributed by atoms with Gasteiger partial charge in [-0.05, 0) is 30.7 Å². The van der Waals surface area contributed by atoms with Crippen LogP contribution in [0.4, 0.5) is 0 Å². The molecule has 0 spiro atoms. The third-order valence-corrected chi connectivity index (χ3v) is 2.97. The van der Waals surface area contributed by atoms with Crippen LogP contribution >= 0.6 is 0 Å². The Morgan fingerprint density at radius 1 is 1.22 bits per heavy atom. The molecular formula is C17H24O. The maximum absolute atomic E-state index is 9.04. The van der Waals surface area contributed by atoms with Gasteiger partial charge < -0.3 is 5.11 Å². The van der Waals surface area contributed by atoms with Crippen molar-refractivity contribution in [1.29, 1.82) is 0 Å². The van der Waals surface area contributed by atoms with Gasteiger partial charge in [-0.2, -0.15) is 0 Å². The molecule has 0 unspecified atom stereocenters. The van der Waals surface area contributed by atoms with Crippen LogP contribution in [0.2, 0.25) is 0 Å². The normalized spacial score (nSPS) is 15.9. The topological polar surface area (TPSA) is 20.2 Å². The average molecular weight is 244 g/mol. The van der Waals surface area contributed by atoms with E-state index in [1.807, 2.05) is 18.2 Å². The summed E-state index contributed by atoms with van der Waals surface area (Å²) >= 11 is 0. The molecule has 18 heavy (non-hydrogen) atoms. The number of allylic oxidation sites excluding steroid dienone is 3. The van der Waals surface area contributed by atoms with Crippen molar-refractivity contribution in [2.45, 2.75) is 27.2 Å². The lowest BCUT2D eigenvalue weighted by molar-refractivity contribution is 0.222. The van der Waals surface area contributed by atoms with Crippen LogP contribution in [-0.2, 0) is 0 Å². The molecule has 0 amide bonds. The minimum atomic E-state index is 0.275. The van der Waals surface area contributed by atoms with E-state index in [1.54, 1.807) is 0 Å². The third kappa shape index (κ3) is 5.83. The van der Waals surface area contributed by atoms with Crippen molar-refractivity contribution in [2.75, 3.05) is 6.61 Å². The highest BCUT2D eigenvalue weighted by molar-refractivity contribution is 5.52. The summed E-state index contributed by atoms with van der Waals surface area (Å²) in [5, 5.41) is 9.04. The zero-order chi connectivity index (χ0) is 13.4. The second-order valence-electron chi connectivity index (χ2n) is 5.16. The second-order valence-corrected chi connectivity index (χ2v) is 5.16. The Kier molecular flexibility index (Phi) is 6.45. The quantitative estimate of drug-likeness (QED) is 0.740. The molecule has 0 saturated carbocycles. The molecule has 1 aromatic carbocycles. The molecule has 0 fully saturated rings. The van der Waals surface area contributed by atoms with Gasteiger partial charge in [-0.3, -0.25) is 0 Å². The zero-order valence-electron chi connectivity index (χ0n) is 11.6. The Morgan fingerprint density at radius 2 is 1.89 bits per heavy atom. The first-order valence-electron chi connectivity index (χ1n) is 6.64. The van der Waals surface area contributed by atoms with Crippen molar-refractivity contribution >= 4 is 6.08 Å². The summed E-state index contributed by atoms with van der Waals surface area (Å²) in [4.78, 5) is 0. The molecule has 0 radical (unpaired) electrons. The van der Waals surface area contributed by atoms with Gasteiger partial charge in [0, 0.05) is 6.61 Å². The second kappa shape index (κ2) is 7.88. The first-order chi connectivity index (χ1) is 8.61. The molecule has 1 rings (SSSR count). The summed E-state index contributed by atoms with van der Waals surface area (Å²) in [6.07, 6.45) is 7.59. The van der Waals surface area contributed by atoms with Gasteiger partial charge in [0.2, 0.25) is 0 Å². The standard InChI is InChI=1S/C17H24O/c1-14(11-15(2)12-16(3)13-18)9-10-17-7-5-4-6-8-17/h4-11,15-16,18H,12-13H2,1-3H3/b10-9+,14-11+/t15-,16+/m0/s1. The van der Waals surface area contributed by atoms with Crippen LogP contribution in [0.3, 0.4) is 0 Å². The monoisotopic (exact) mass is 244 g/mol. The first kappa shape index (κ1) is 14.7. The van der Waals surface area contributed by atoms with Crippen LogP contribution in [0.15, 0.2) is 48.1 Å². The smallest absolute Gasteiger partial charge is 0.0456 e. The summed E-state index contributed by atoms with van der Waals surface area (Å²) in [5.74, 6) is 0.884. The van der Waals surface area contributed by atoms with E-state index in [1.165, 1.54) is 11.1 Å². The van der Waals surface area contributed by atoms with Gasteiger partial charge in [-0.25, -0.2) is 0 Å². The molecule has 0 aromatic heterocycles. The maximum Gasteiger partial charge on any atom is 0.0456 e. The lowest BCUT2D eigenvalue weighted by Gasteiger charge is -2.12. The Labute approximate surface area is 111 Å². The Morgan fingerprint density at radius 3 is 2.50 bits per heavy atom. The number of hydrogen-bond donors (Lipinski definition) is 1. The van der Waals surface area contributed by atoms with Crippen molar-refractivity contribution < 1.29 is 5.11 Å². The van der Waals surface area contributed by atoms with E-state index in [4.69, 9.17) is 5.11 Å². The maximum atomic E-state index is 9.04. The number of aliphatic hydroxyl groups is 1. The summed E-state index contributed by atoms with van der Waals surface area (Å²) in [6, 6.07) is 10.3. The van der Waals surface area contributed by atoms with Crippen molar-refractivity contribution in [3.05, 3.63) is 53.6 Å². The minimum Gasteiger partial charge on any atom is -0.396 e. The fraction of sp³-hybridized carbons (Fsp3) is 0.412. The first-order valence-corrected chi connectivity index (χ1v) is 6.64. The van der Waals surface area contributed by atoms with E-state index in [9.17, 15) is 0 Å². The highest BCUT2D eigenvalue weighted by Crippen LogP contribution is 2.15. The van der Waals surface area contributed by atoms with Crippen LogP contribution in [-0.4, -0.2) is 11.7 Å². The molecule has 0 aliphatic carbocycles. The lowest BCUT2D eigenvalue weighted by atomic mass is 9.96. The number of rotatable bonds is 6. The molecule has 2 atom stereocenters. The van der Waals surface area contributed by atoms with Crippen molar-refractivity contribution in [3.8, 4) is 0 Å². The largest absolute Gasteiger partial charge is 0.396 e. The van der Waals surface area contributed by atoms with Gasteiger partial charge in [0.05, 0.1) is 0 Å². The van der Waals surface area contributed by atoms with Crippen LogP contribution in [0.25, 0.3) is 6.08 Å². The molecule has 0 aliphatic rings. The fourth-order valence-corrected chi connectivity index (χ4v) is 2.07. The van der Waals surface area contributed by atoms with Crippen molar-refractivity contribution in [3.63, 3.8) is 0 Å². The summed E-state index contributed by atoms with van der Waals surface area (Å²) in [7, 11) is 0. The van der Waals surface area contributed by atoms with Crippen molar-refractivity contribution in [2.24, 2.45) is 11.8 Å². The molecule has 0 saturated heterocycles. The highest BCUT2D eigenvalue weighted by Gasteiger charge is 2.05. The Hall–Kier alpha value is -1.34. The highest BCUT2D eigenvalue weighted by atomic mass is 16.3. The van der Waals surface area contributed by atoms with Crippen LogP contribution in [0.1, 0.15) is 32.8 Å². The predicted octanol–water partition coefficient (Wildman–Crippen LogP) is 4.30. The van der Waals surface area contributed by atoms with Gasteiger partial charge in [0.15, 0.2) is 0 Å². The van der Waals surface area contributed by atoms with E-state index in [0.717, 1.165) is 6.42 Å². The summed E-state index contributed by atoms with van der Waals surface area (Å²) in [6.45, 7) is 6.68. The van der Waals surface area contributed by atoms with Gasteiger partial charge >= 0.3 is 0 Å². The van der Waals surface area contributed by atoms with Gasteiger partial charge in [-0.1, -0.05) is 68.0 Å².